The van der Waals surface area contributed by atoms with Gasteiger partial charge in [0.25, 0.3) is 0 Å². The number of hydrogen-bond acceptors (Lipinski definition) is 3. The molecule has 3 aromatic rings. The second-order valence-corrected chi connectivity index (χ2v) is 5.40. The smallest absolute Gasteiger partial charge is 0.136 e. The summed E-state index contributed by atoms with van der Waals surface area (Å²) in [5.41, 5.74) is 3.67. The number of hydrogen-bond donors (Lipinski definition) is 0. The fraction of sp³-hybridized carbons (Fsp3) is 0.188. The van der Waals surface area contributed by atoms with Gasteiger partial charge in [-0.2, -0.15) is 5.10 Å². The maximum atomic E-state index is 6.26. The zero-order valence-electron chi connectivity index (χ0n) is 11.9. The van der Waals surface area contributed by atoms with Crippen LogP contribution in [0.3, 0.4) is 0 Å². The summed E-state index contributed by atoms with van der Waals surface area (Å²) in [4.78, 5) is 8.53. The average Bonchev–Trinajstić information content (AvgIpc) is 2.96. The molecule has 0 aliphatic rings. The Kier molecular flexibility index (Phi) is 3.71. The number of aromatic nitrogens is 4. The maximum absolute atomic E-state index is 6.26. The summed E-state index contributed by atoms with van der Waals surface area (Å²) in [6, 6.07) is 11.9. The van der Waals surface area contributed by atoms with E-state index in [1.54, 1.807) is 6.20 Å². The SMILES string of the molecule is CC(C)c1c(Cl)ncnc1-c1ccnn1-c1ccccc1. The van der Waals surface area contributed by atoms with Crippen molar-refractivity contribution in [2.75, 3.05) is 0 Å². The third-order valence-electron chi connectivity index (χ3n) is 3.30. The molecule has 1 aromatic carbocycles. The normalized spacial score (nSPS) is 11.0. The maximum Gasteiger partial charge on any atom is 0.136 e. The van der Waals surface area contributed by atoms with Crippen molar-refractivity contribution < 1.29 is 0 Å². The molecule has 0 saturated heterocycles. The van der Waals surface area contributed by atoms with Crippen molar-refractivity contribution >= 4 is 11.6 Å². The molecule has 2 aromatic heterocycles. The zero-order valence-corrected chi connectivity index (χ0v) is 12.6. The number of benzene rings is 1. The van der Waals surface area contributed by atoms with Gasteiger partial charge >= 0.3 is 0 Å². The van der Waals surface area contributed by atoms with Gasteiger partial charge in [-0.25, -0.2) is 14.6 Å². The fourth-order valence-corrected chi connectivity index (χ4v) is 2.70. The van der Waals surface area contributed by atoms with E-state index in [0.29, 0.717) is 5.15 Å². The molecule has 3 rings (SSSR count). The van der Waals surface area contributed by atoms with Crippen molar-refractivity contribution in [1.82, 2.24) is 19.7 Å². The molecule has 0 aliphatic carbocycles. The van der Waals surface area contributed by atoms with Crippen LogP contribution in [0, 0.1) is 0 Å². The zero-order chi connectivity index (χ0) is 14.8. The first-order chi connectivity index (χ1) is 10.2. The topological polar surface area (TPSA) is 43.6 Å². The Balaban J connectivity index is 2.20. The highest BCUT2D eigenvalue weighted by molar-refractivity contribution is 6.30. The molecule has 21 heavy (non-hydrogen) atoms. The van der Waals surface area contributed by atoms with Crippen molar-refractivity contribution in [3.05, 3.63) is 59.6 Å². The molecule has 0 amide bonds. The van der Waals surface area contributed by atoms with Gasteiger partial charge in [0.15, 0.2) is 0 Å². The molecule has 4 nitrogen and oxygen atoms in total. The Bertz CT molecular complexity index is 750. The lowest BCUT2D eigenvalue weighted by Crippen LogP contribution is -2.04. The lowest BCUT2D eigenvalue weighted by atomic mass is 10.0. The second-order valence-electron chi connectivity index (χ2n) is 5.05. The molecule has 0 unspecified atom stereocenters. The Hall–Kier alpha value is -2.20. The van der Waals surface area contributed by atoms with Crippen LogP contribution in [0.25, 0.3) is 17.1 Å². The quantitative estimate of drug-likeness (QED) is 0.684. The van der Waals surface area contributed by atoms with E-state index in [0.717, 1.165) is 22.6 Å². The van der Waals surface area contributed by atoms with Crippen LogP contribution in [0.5, 0.6) is 0 Å². The molecule has 0 N–H and O–H groups in total. The van der Waals surface area contributed by atoms with Crippen LogP contribution >= 0.6 is 11.6 Å². The first-order valence-electron chi connectivity index (χ1n) is 6.78. The van der Waals surface area contributed by atoms with E-state index in [1.165, 1.54) is 6.33 Å². The van der Waals surface area contributed by atoms with E-state index in [4.69, 9.17) is 11.6 Å². The summed E-state index contributed by atoms with van der Waals surface area (Å²) >= 11 is 6.26. The monoisotopic (exact) mass is 298 g/mol. The van der Waals surface area contributed by atoms with Crippen molar-refractivity contribution in [1.29, 1.82) is 0 Å². The molecule has 0 saturated carbocycles. The summed E-state index contributed by atoms with van der Waals surface area (Å²) in [6.45, 7) is 4.16. The predicted octanol–water partition coefficient (Wildman–Crippen LogP) is 4.11. The Labute approximate surface area is 128 Å². The van der Waals surface area contributed by atoms with Gasteiger partial charge in [0.1, 0.15) is 11.5 Å². The largest absolute Gasteiger partial charge is 0.234 e. The summed E-state index contributed by atoms with van der Waals surface area (Å²) in [6.07, 6.45) is 3.26. The molecule has 0 atom stereocenters. The van der Waals surface area contributed by atoms with E-state index in [9.17, 15) is 0 Å². The van der Waals surface area contributed by atoms with Gasteiger partial charge in [-0.1, -0.05) is 43.6 Å². The molecule has 0 spiro atoms. The van der Waals surface area contributed by atoms with E-state index in [2.05, 4.69) is 28.9 Å². The Morgan fingerprint density at radius 1 is 1.05 bits per heavy atom. The van der Waals surface area contributed by atoms with Crippen molar-refractivity contribution in [3.63, 3.8) is 0 Å². The van der Waals surface area contributed by atoms with Gasteiger partial charge in [-0.15, -0.1) is 0 Å². The number of para-hydroxylation sites is 1. The average molecular weight is 299 g/mol. The number of halogens is 1. The molecular formula is C16H15ClN4. The van der Waals surface area contributed by atoms with E-state index < -0.39 is 0 Å². The number of nitrogens with zero attached hydrogens (tertiary/aromatic N) is 4. The fourth-order valence-electron chi connectivity index (χ4n) is 2.35. The summed E-state index contributed by atoms with van der Waals surface area (Å²) in [5, 5.41) is 4.90. The minimum Gasteiger partial charge on any atom is -0.234 e. The lowest BCUT2D eigenvalue weighted by molar-refractivity contribution is 0.835. The van der Waals surface area contributed by atoms with Crippen LogP contribution in [0.1, 0.15) is 25.3 Å². The van der Waals surface area contributed by atoms with Crippen LogP contribution in [-0.4, -0.2) is 19.7 Å². The van der Waals surface area contributed by atoms with Gasteiger partial charge in [0.05, 0.1) is 23.3 Å². The summed E-state index contributed by atoms with van der Waals surface area (Å²) in [7, 11) is 0. The van der Waals surface area contributed by atoms with Gasteiger partial charge < -0.3 is 0 Å². The van der Waals surface area contributed by atoms with Crippen molar-refractivity contribution in [2.24, 2.45) is 0 Å². The highest BCUT2D eigenvalue weighted by Gasteiger charge is 2.18. The molecule has 2 heterocycles. The van der Waals surface area contributed by atoms with Crippen molar-refractivity contribution in [3.8, 4) is 17.1 Å². The Morgan fingerprint density at radius 2 is 1.81 bits per heavy atom. The molecule has 5 heteroatoms. The second kappa shape index (κ2) is 5.66. The number of rotatable bonds is 3. The van der Waals surface area contributed by atoms with Crippen LogP contribution in [0.4, 0.5) is 0 Å². The third kappa shape index (κ3) is 2.54. The molecule has 0 fully saturated rings. The molecule has 106 valence electrons. The molecule has 0 bridgehead atoms. The van der Waals surface area contributed by atoms with E-state index >= 15 is 0 Å². The van der Waals surface area contributed by atoms with Crippen molar-refractivity contribution in [2.45, 2.75) is 19.8 Å². The first-order valence-corrected chi connectivity index (χ1v) is 7.16. The standard InChI is InChI=1S/C16H15ClN4/c1-11(2)14-15(18-10-19-16(14)17)13-8-9-20-21(13)12-6-4-3-5-7-12/h3-11H,1-2H3. The lowest BCUT2D eigenvalue weighted by Gasteiger charge is -2.14. The van der Waals surface area contributed by atoms with Gasteiger partial charge in [0, 0.05) is 5.56 Å². The van der Waals surface area contributed by atoms with E-state index in [-0.39, 0.29) is 5.92 Å². The molecular weight excluding hydrogens is 284 g/mol. The van der Waals surface area contributed by atoms with Gasteiger partial charge in [-0.3, -0.25) is 0 Å². The van der Waals surface area contributed by atoms with Crippen LogP contribution in [0.2, 0.25) is 5.15 Å². The highest BCUT2D eigenvalue weighted by atomic mass is 35.5. The molecule has 0 aliphatic heterocycles. The van der Waals surface area contributed by atoms with Crippen LogP contribution in [0.15, 0.2) is 48.9 Å². The van der Waals surface area contributed by atoms with E-state index in [1.807, 2.05) is 41.1 Å². The highest BCUT2D eigenvalue weighted by Crippen LogP contribution is 2.32. The molecule has 0 radical (unpaired) electrons. The predicted molar refractivity (Wildman–Crippen MR) is 83.7 cm³/mol. The van der Waals surface area contributed by atoms with Gasteiger partial charge in [-0.05, 0) is 24.1 Å². The third-order valence-corrected chi connectivity index (χ3v) is 3.60. The first kappa shape index (κ1) is 13.8. The summed E-state index contributed by atoms with van der Waals surface area (Å²) < 4.78 is 1.87. The van der Waals surface area contributed by atoms with Crippen LogP contribution < -0.4 is 0 Å². The minimum atomic E-state index is 0.229. The summed E-state index contributed by atoms with van der Waals surface area (Å²) in [5.74, 6) is 0.229. The minimum absolute atomic E-state index is 0.229. The van der Waals surface area contributed by atoms with Gasteiger partial charge in [0.2, 0.25) is 0 Å². The van der Waals surface area contributed by atoms with Crippen LogP contribution in [-0.2, 0) is 0 Å². The Morgan fingerprint density at radius 3 is 2.52 bits per heavy atom.